The molecule has 3 nitrogen and oxygen atoms in total. The normalized spacial score (nSPS) is 36.3. The monoisotopic (exact) mass is 538 g/mol. The lowest BCUT2D eigenvalue weighted by Gasteiger charge is -2.66. The summed E-state index contributed by atoms with van der Waals surface area (Å²) in [6.07, 6.45) is 6.57. The molecule has 1 heterocycles. The quantitative estimate of drug-likeness (QED) is 0.504. The van der Waals surface area contributed by atoms with Crippen molar-refractivity contribution < 1.29 is 4.79 Å². The molecule has 24 heavy (non-hydrogen) atoms. The summed E-state index contributed by atoms with van der Waals surface area (Å²) in [6.45, 7) is 4.47. The highest BCUT2D eigenvalue weighted by atomic mass is 79.9. The second-order valence-electron chi connectivity index (χ2n) is 7.85. The van der Waals surface area contributed by atoms with Crippen LogP contribution in [0.3, 0.4) is 0 Å². The molecule has 0 saturated heterocycles. The Morgan fingerprint density at radius 1 is 1.29 bits per heavy atom. The lowest BCUT2D eigenvalue weighted by Crippen LogP contribution is -2.71. The number of hydrogen-bond acceptors (Lipinski definition) is 3. The van der Waals surface area contributed by atoms with Gasteiger partial charge in [0.05, 0.1) is 14.8 Å². The molecule has 132 valence electrons. The molecule has 7 heteroatoms. The Bertz CT molecular complexity index is 681. The largest absolute Gasteiger partial charge is 0.301 e. The molecular formula is C17H21Br3N2OS. The van der Waals surface area contributed by atoms with Crippen molar-refractivity contribution in [1.29, 1.82) is 0 Å². The van der Waals surface area contributed by atoms with Crippen molar-refractivity contribution in [1.82, 2.24) is 4.98 Å². The molecule has 1 N–H and O–H groups in total. The van der Waals surface area contributed by atoms with Crippen molar-refractivity contribution in [3.63, 3.8) is 0 Å². The van der Waals surface area contributed by atoms with E-state index >= 15 is 0 Å². The number of hydrogen-bond donors (Lipinski definition) is 1. The number of nitrogens with one attached hydrogen (secondary N) is 1. The van der Waals surface area contributed by atoms with Gasteiger partial charge >= 0.3 is 0 Å². The molecule has 0 aromatic carbocycles. The number of halogens is 3. The zero-order valence-electron chi connectivity index (χ0n) is 13.8. The summed E-state index contributed by atoms with van der Waals surface area (Å²) < 4.78 is 0.201. The van der Waals surface area contributed by atoms with E-state index in [1.165, 1.54) is 23.4 Å². The van der Waals surface area contributed by atoms with Crippen LogP contribution in [0.15, 0.2) is 0 Å². The summed E-state index contributed by atoms with van der Waals surface area (Å²) in [4.78, 5) is 19.5. The van der Waals surface area contributed by atoms with Crippen LogP contribution in [0.1, 0.15) is 50.1 Å². The molecule has 5 rings (SSSR count). The Hall–Kier alpha value is 0.540. The van der Waals surface area contributed by atoms with E-state index in [4.69, 9.17) is 0 Å². The van der Waals surface area contributed by atoms with Crippen molar-refractivity contribution in [3.05, 3.63) is 10.6 Å². The lowest BCUT2D eigenvalue weighted by atomic mass is 9.43. The molecule has 1 aromatic rings. The standard InChI is InChI=1S/C17H21Br3N2OS/c1-15(2)16(12(19)20)7-8-17(15,11(16)18)13(23)22-14-21-9-5-3-4-6-10(9)24-14/h11-12H,3-8H2,1-2H3,(H,21,22,23)/t11-,16+,17+/m1/s1. The Labute approximate surface area is 172 Å². The zero-order valence-corrected chi connectivity index (χ0v) is 19.4. The fourth-order valence-electron chi connectivity index (χ4n) is 5.31. The van der Waals surface area contributed by atoms with Crippen LogP contribution < -0.4 is 5.32 Å². The molecule has 0 spiro atoms. The second kappa shape index (κ2) is 5.77. The predicted molar refractivity (Wildman–Crippen MR) is 110 cm³/mol. The maximum absolute atomic E-state index is 13.3. The molecule has 2 bridgehead atoms. The SMILES string of the molecule is CC1(C)[C@@]2(C(=O)Nc3nc4c(s3)CCCC4)CC[C@@]1(C(Br)Br)[C@H]2Br. The average Bonchev–Trinajstić information content (AvgIpc) is 3.14. The summed E-state index contributed by atoms with van der Waals surface area (Å²) >= 11 is 13.0. The Kier molecular flexibility index (Phi) is 4.31. The number of anilines is 1. The zero-order chi connectivity index (χ0) is 17.3. The van der Waals surface area contributed by atoms with Crippen molar-refractivity contribution in [2.45, 2.75) is 60.9 Å². The molecule has 4 aliphatic carbocycles. The maximum Gasteiger partial charge on any atom is 0.234 e. The number of aryl methyl sites for hydroxylation is 2. The fraction of sp³-hybridized carbons (Fsp3) is 0.765. The van der Waals surface area contributed by atoms with E-state index in [9.17, 15) is 4.79 Å². The highest BCUT2D eigenvalue weighted by Crippen LogP contribution is 2.82. The van der Waals surface area contributed by atoms with E-state index in [2.05, 4.69) is 71.9 Å². The van der Waals surface area contributed by atoms with Gasteiger partial charge in [0.1, 0.15) is 0 Å². The van der Waals surface area contributed by atoms with Gasteiger partial charge in [-0.3, -0.25) is 4.79 Å². The summed E-state index contributed by atoms with van der Waals surface area (Å²) in [7, 11) is 0. The fourth-order valence-corrected chi connectivity index (χ4v) is 11.3. The molecule has 3 fully saturated rings. The molecule has 3 saturated carbocycles. The number of amides is 1. The Balaban J connectivity index is 1.60. The van der Waals surface area contributed by atoms with E-state index in [-0.39, 0.29) is 30.7 Å². The molecule has 1 amide bonds. The van der Waals surface area contributed by atoms with Crippen LogP contribution >= 0.6 is 59.1 Å². The Morgan fingerprint density at radius 3 is 2.58 bits per heavy atom. The second-order valence-corrected chi connectivity index (χ2v) is 12.9. The summed E-state index contributed by atoms with van der Waals surface area (Å²) in [5.41, 5.74) is 0.821. The highest BCUT2D eigenvalue weighted by molar-refractivity contribution is 9.24. The van der Waals surface area contributed by atoms with Crippen molar-refractivity contribution in [3.8, 4) is 0 Å². The van der Waals surface area contributed by atoms with Crippen LogP contribution in [-0.2, 0) is 17.6 Å². The number of carbonyl (C=O) groups is 1. The van der Waals surface area contributed by atoms with Crippen LogP contribution in [0.2, 0.25) is 0 Å². The smallest absolute Gasteiger partial charge is 0.234 e. The third-order valence-corrected chi connectivity index (χ3v) is 11.3. The van der Waals surface area contributed by atoms with Crippen LogP contribution in [0.5, 0.6) is 0 Å². The van der Waals surface area contributed by atoms with Crippen molar-refractivity contribution in [2.24, 2.45) is 16.2 Å². The molecule has 0 aliphatic heterocycles. The topological polar surface area (TPSA) is 42.0 Å². The van der Waals surface area contributed by atoms with Gasteiger partial charge in [-0.25, -0.2) is 4.98 Å². The number of alkyl halides is 3. The van der Waals surface area contributed by atoms with Crippen molar-refractivity contribution >= 4 is 70.2 Å². The summed E-state index contributed by atoms with van der Waals surface area (Å²) in [5.74, 6) is 0.134. The first kappa shape index (κ1) is 17.9. The highest BCUT2D eigenvalue weighted by Gasteiger charge is 2.83. The summed E-state index contributed by atoms with van der Waals surface area (Å²) in [6, 6.07) is 0. The first-order valence-corrected chi connectivity index (χ1v) is 12.1. The van der Waals surface area contributed by atoms with E-state index in [1.54, 1.807) is 11.3 Å². The van der Waals surface area contributed by atoms with E-state index < -0.39 is 0 Å². The Morgan fingerprint density at radius 2 is 2.00 bits per heavy atom. The first-order chi connectivity index (χ1) is 11.3. The number of carbonyl (C=O) groups excluding carboxylic acids is 1. The van der Waals surface area contributed by atoms with E-state index in [1.807, 2.05) is 0 Å². The number of rotatable bonds is 3. The van der Waals surface area contributed by atoms with Crippen LogP contribution in [0, 0.1) is 16.2 Å². The minimum absolute atomic E-state index is 0.0620. The molecule has 3 atom stereocenters. The number of fused-ring (bicyclic) bond motifs is 2. The molecule has 0 radical (unpaired) electrons. The predicted octanol–water partition coefficient (Wildman–Crippen LogP) is 5.65. The number of aromatic nitrogens is 1. The number of nitrogens with zero attached hydrogens (tertiary/aromatic N) is 1. The molecule has 0 unspecified atom stereocenters. The van der Waals surface area contributed by atoms with Crippen LogP contribution in [-0.4, -0.2) is 19.5 Å². The lowest BCUT2D eigenvalue weighted by molar-refractivity contribution is -0.155. The van der Waals surface area contributed by atoms with Crippen LogP contribution in [0.25, 0.3) is 0 Å². The minimum atomic E-state index is -0.362. The van der Waals surface area contributed by atoms with E-state index in [0.717, 1.165) is 30.8 Å². The summed E-state index contributed by atoms with van der Waals surface area (Å²) in [5, 5.41) is 3.96. The molecular weight excluding hydrogens is 520 g/mol. The average molecular weight is 541 g/mol. The minimum Gasteiger partial charge on any atom is -0.301 e. The van der Waals surface area contributed by atoms with Gasteiger partial charge in [-0.1, -0.05) is 61.6 Å². The van der Waals surface area contributed by atoms with Crippen molar-refractivity contribution in [2.75, 3.05) is 5.32 Å². The van der Waals surface area contributed by atoms with Crippen LogP contribution in [0.4, 0.5) is 5.13 Å². The van der Waals surface area contributed by atoms with Gasteiger partial charge in [-0.2, -0.15) is 0 Å². The molecule has 4 aliphatic rings. The third-order valence-electron chi connectivity index (χ3n) is 6.96. The van der Waals surface area contributed by atoms with Gasteiger partial charge in [-0.15, -0.1) is 11.3 Å². The van der Waals surface area contributed by atoms with E-state index in [0.29, 0.717) is 0 Å². The van der Waals surface area contributed by atoms with Gasteiger partial charge in [-0.05, 0) is 43.9 Å². The van der Waals surface area contributed by atoms with Gasteiger partial charge < -0.3 is 5.32 Å². The van der Waals surface area contributed by atoms with Gasteiger partial charge in [0, 0.05) is 15.1 Å². The first-order valence-electron chi connectivity index (χ1n) is 8.49. The van der Waals surface area contributed by atoms with Gasteiger partial charge in [0.15, 0.2) is 5.13 Å². The van der Waals surface area contributed by atoms with Gasteiger partial charge in [0.25, 0.3) is 0 Å². The van der Waals surface area contributed by atoms with Gasteiger partial charge in [0.2, 0.25) is 5.91 Å². The molecule has 1 aromatic heterocycles. The maximum atomic E-state index is 13.3. The third kappa shape index (κ3) is 1.99. The number of thiazole rings is 1.